The summed E-state index contributed by atoms with van der Waals surface area (Å²) in [6.07, 6.45) is 3.00. The zero-order valence-corrected chi connectivity index (χ0v) is 15.8. The molecule has 0 aliphatic carbocycles. The third-order valence-electron chi connectivity index (χ3n) is 5.03. The van der Waals surface area contributed by atoms with Gasteiger partial charge in [0.1, 0.15) is 0 Å². The molecule has 1 unspecified atom stereocenters. The molecule has 7 heteroatoms. The van der Waals surface area contributed by atoms with Gasteiger partial charge in [-0.3, -0.25) is 0 Å². The first-order valence-electron chi connectivity index (χ1n) is 8.47. The van der Waals surface area contributed by atoms with Crippen LogP contribution in [-0.2, 0) is 10.0 Å². The van der Waals surface area contributed by atoms with Crippen LogP contribution in [0.15, 0.2) is 35.2 Å². The smallest absolute Gasteiger partial charge is 0.240 e. The van der Waals surface area contributed by atoms with E-state index in [0.717, 1.165) is 45.6 Å². The van der Waals surface area contributed by atoms with E-state index in [9.17, 15) is 8.42 Å². The largest absolute Gasteiger partial charge is 0.316 e. The van der Waals surface area contributed by atoms with Crippen LogP contribution in [0.5, 0.6) is 0 Å². The first-order valence-corrected chi connectivity index (χ1v) is 9.96. The average molecular weight is 374 g/mol. The maximum absolute atomic E-state index is 12.4. The maximum atomic E-state index is 12.4. The van der Waals surface area contributed by atoms with E-state index in [1.165, 1.54) is 6.42 Å². The Morgan fingerprint density at radius 1 is 1.25 bits per heavy atom. The van der Waals surface area contributed by atoms with Gasteiger partial charge in [-0.1, -0.05) is 25.1 Å². The van der Waals surface area contributed by atoms with Crippen LogP contribution in [-0.4, -0.2) is 52.1 Å². The summed E-state index contributed by atoms with van der Waals surface area (Å²) in [6, 6.07) is 8.68. The van der Waals surface area contributed by atoms with E-state index in [2.05, 4.69) is 21.9 Å². The first kappa shape index (κ1) is 19.7. The number of likely N-dealkylation sites (tertiary alicyclic amines) is 1. The second-order valence-corrected chi connectivity index (χ2v) is 8.94. The molecule has 0 amide bonds. The van der Waals surface area contributed by atoms with Gasteiger partial charge in [-0.25, -0.2) is 13.1 Å². The molecule has 0 saturated carbocycles. The fraction of sp³-hybridized carbons (Fsp3) is 0.647. The molecule has 2 heterocycles. The fourth-order valence-electron chi connectivity index (χ4n) is 3.64. The van der Waals surface area contributed by atoms with Crippen LogP contribution < -0.4 is 10.0 Å². The van der Waals surface area contributed by atoms with Crippen molar-refractivity contribution in [2.45, 2.75) is 37.1 Å². The normalized spacial score (nSPS) is 26.2. The van der Waals surface area contributed by atoms with E-state index in [-0.39, 0.29) is 18.4 Å². The van der Waals surface area contributed by atoms with Crippen LogP contribution in [0.25, 0.3) is 0 Å². The molecule has 24 heavy (non-hydrogen) atoms. The van der Waals surface area contributed by atoms with Gasteiger partial charge in [-0.05, 0) is 56.4 Å². The number of nitrogens with one attached hydrogen (secondary N) is 2. The lowest BCUT2D eigenvalue weighted by atomic mass is 9.88. The Balaban J connectivity index is 0.00000208. The van der Waals surface area contributed by atoms with Crippen molar-refractivity contribution in [2.75, 3.05) is 32.7 Å². The molecule has 3 rings (SSSR count). The SMILES string of the molecule is CC1(CN2CCC(NS(=O)(=O)c3ccccc3)CC2)CCNC1.Cl. The number of hydrogen-bond acceptors (Lipinski definition) is 4. The highest BCUT2D eigenvalue weighted by Crippen LogP contribution is 2.27. The molecule has 2 fully saturated rings. The molecule has 0 bridgehead atoms. The molecule has 2 aliphatic heterocycles. The summed E-state index contributed by atoms with van der Waals surface area (Å²) in [5.41, 5.74) is 0.371. The molecular formula is C17H28ClN3O2S. The molecule has 5 nitrogen and oxygen atoms in total. The van der Waals surface area contributed by atoms with Crippen molar-refractivity contribution >= 4 is 22.4 Å². The number of piperidine rings is 1. The van der Waals surface area contributed by atoms with E-state index < -0.39 is 10.0 Å². The first-order chi connectivity index (χ1) is 11.0. The van der Waals surface area contributed by atoms with Crippen molar-refractivity contribution in [2.24, 2.45) is 5.41 Å². The Morgan fingerprint density at radius 3 is 2.50 bits per heavy atom. The van der Waals surface area contributed by atoms with Crippen molar-refractivity contribution in [3.63, 3.8) is 0 Å². The van der Waals surface area contributed by atoms with Gasteiger partial charge in [0, 0.05) is 19.1 Å². The van der Waals surface area contributed by atoms with Crippen LogP contribution in [0.4, 0.5) is 0 Å². The summed E-state index contributed by atoms with van der Waals surface area (Å²) in [5.74, 6) is 0. The minimum atomic E-state index is -3.39. The third-order valence-corrected chi connectivity index (χ3v) is 6.56. The summed E-state index contributed by atoms with van der Waals surface area (Å²) >= 11 is 0. The van der Waals surface area contributed by atoms with Crippen LogP contribution in [0.1, 0.15) is 26.2 Å². The van der Waals surface area contributed by atoms with E-state index in [0.29, 0.717) is 10.3 Å². The topological polar surface area (TPSA) is 61.4 Å². The van der Waals surface area contributed by atoms with E-state index in [1.54, 1.807) is 24.3 Å². The molecule has 1 aromatic rings. The van der Waals surface area contributed by atoms with E-state index in [1.807, 2.05) is 6.07 Å². The molecule has 0 radical (unpaired) electrons. The summed E-state index contributed by atoms with van der Waals surface area (Å²) in [6.45, 7) is 7.60. The monoisotopic (exact) mass is 373 g/mol. The second-order valence-electron chi connectivity index (χ2n) is 7.22. The molecule has 1 aromatic carbocycles. The predicted octanol–water partition coefficient (Wildman–Crippen LogP) is 1.85. The number of nitrogens with zero attached hydrogens (tertiary/aromatic N) is 1. The van der Waals surface area contributed by atoms with Crippen LogP contribution in [0.2, 0.25) is 0 Å². The fourth-order valence-corrected chi connectivity index (χ4v) is 4.97. The predicted molar refractivity (Wildman–Crippen MR) is 99.1 cm³/mol. The molecule has 2 saturated heterocycles. The summed E-state index contributed by atoms with van der Waals surface area (Å²) in [5, 5.41) is 3.44. The molecule has 2 N–H and O–H groups in total. The van der Waals surface area contributed by atoms with Gasteiger partial charge in [0.05, 0.1) is 4.90 Å². The van der Waals surface area contributed by atoms with Gasteiger partial charge in [0.25, 0.3) is 0 Å². The average Bonchev–Trinajstić information content (AvgIpc) is 2.96. The molecular weight excluding hydrogens is 346 g/mol. The van der Waals surface area contributed by atoms with Crippen LogP contribution in [0.3, 0.4) is 0 Å². The maximum Gasteiger partial charge on any atom is 0.240 e. The lowest BCUT2D eigenvalue weighted by Crippen LogP contribution is -2.47. The minimum absolute atomic E-state index is 0. The van der Waals surface area contributed by atoms with Crippen molar-refractivity contribution in [3.05, 3.63) is 30.3 Å². The standard InChI is InChI=1S/C17H27N3O2S.ClH/c1-17(9-10-18-13-17)14-20-11-7-15(8-12-20)19-23(21,22)16-5-3-2-4-6-16;/h2-6,15,18-19H,7-14H2,1H3;1H. The number of hydrogen-bond donors (Lipinski definition) is 2. The minimum Gasteiger partial charge on any atom is -0.316 e. The highest BCUT2D eigenvalue weighted by molar-refractivity contribution is 7.89. The lowest BCUT2D eigenvalue weighted by molar-refractivity contribution is 0.142. The van der Waals surface area contributed by atoms with Gasteiger partial charge >= 0.3 is 0 Å². The van der Waals surface area contributed by atoms with E-state index in [4.69, 9.17) is 0 Å². The number of halogens is 1. The molecule has 2 aliphatic rings. The quantitative estimate of drug-likeness (QED) is 0.826. The van der Waals surface area contributed by atoms with E-state index >= 15 is 0 Å². The van der Waals surface area contributed by atoms with Gasteiger partial charge in [-0.2, -0.15) is 0 Å². The highest BCUT2D eigenvalue weighted by atomic mass is 35.5. The lowest BCUT2D eigenvalue weighted by Gasteiger charge is -2.37. The van der Waals surface area contributed by atoms with Crippen molar-refractivity contribution in [3.8, 4) is 0 Å². The zero-order valence-electron chi connectivity index (χ0n) is 14.2. The van der Waals surface area contributed by atoms with Crippen LogP contribution in [0, 0.1) is 5.41 Å². The molecule has 136 valence electrons. The summed E-state index contributed by atoms with van der Waals surface area (Å²) in [7, 11) is -3.39. The Kier molecular flexibility index (Phi) is 6.67. The van der Waals surface area contributed by atoms with Gasteiger partial charge in [0.15, 0.2) is 0 Å². The van der Waals surface area contributed by atoms with Crippen molar-refractivity contribution in [1.82, 2.24) is 14.9 Å². The zero-order chi connectivity index (χ0) is 16.3. The van der Waals surface area contributed by atoms with Crippen LogP contribution >= 0.6 is 12.4 Å². The van der Waals surface area contributed by atoms with Gasteiger partial charge < -0.3 is 10.2 Å². The highest BCUT2D eigenvalue weighted by Gasteiger charge is 2.32. The number of benzene rings is 1. The van der Waals surface area contributed by atoms with Gasteiger partial charge in [0.2, 0.25) is 10.0 Å². The third kappa shape index (κ3) is 4.92. The van der Waals surface area contributed by atoms with Gasteiger partial charge in [-0.15, -0.1) is 12.4 Å². The number of sulfonamides is 1. The number of rotatable bonds is 5. The van der Waals surface area contributed by atoms with Crippen molar-refractivity contribution in [1.29, 1.82) is 0 Å². The summed E-state index contributed by atoms with van der Waals surface area (Å²) in [4.78, 5) is 2.84. The molecule has 0 aromatic heterocycles. The Bertz CT molecular complexity index is 610. The Labute approximate surface area is 151 Å². The molecule has 0 spiro atoms. The molecule has 1 atom stereocenters. The second kappa shape index (κ2) is 8.15. The Hall–Kier alpha value is -0.660. The Morgan fingerprint density at radius 2 is 1.92 bits per heavy atom. The van der Waals surface area contributed by atoms with Crippen molar-refractivity contribution < 1.29 is 8.42 Å². The summed E-state index contributed by atoms with van der Waals surface area (Å²) < 4.78 is 27.6.